The fraction of sp³-hybridized carbons (Fsp3) is 0.389. The van der Waals surface area contributed by atoms with Gasteiger partial charge in [-0.3, -0.25) is 10.1 Å². The Morgan fingerprint density at radius 3 is 2.74 bits per heavy atom. The summed E-state index contributed by atoms with van der Waals surface area (Å²) in [7, 11) is 0. The maximum atomic E-state index is 12.7. The van der Waals surface area contributed by atoms with Crippen LogP contribution < -0.4 is 5.32 Å². The van der Waals surface area contributed by atoms with Crippen LogP contribution in [0.3, 0.4) is 0 Å². The Balaban J connectivity index is 1.69. The van der Waals surface area contributed by atoms with E-state index in [0.717, 1.165) is 22.7 Å². The van der Waals surface area contributed by atoms with Gasteiger partial charge in [-0.2, -0.15) is 4.98 Å². The number of amides is 1. The largest absolute Gasteiger partial charge is 0.338 e. The van der Waals surface area contributed by atoms with Gasteiger partial charge in [-0.1, -0.05) is 42.5 Å². The number of aromatic nitrogens is 4. The van der Waals surface area contributed by atoms with Gasteiger partial charge in [-0.25, -0.2) is 0 Å². The third-order valence-corrected chi connectivity index (χ3v) is 6.11. The van der Waals surface area contributed by atoms with Crippen molar-refractivity contribution in [3.8, 4) is 0 Å². The third-order valence-electron chi connectivity index (χ3n) is 4.05. The van der Waals surface area contributed by atoms with Crippen LogP contribution in [0.5, 0.6) is 0 Å². The second-order valence-corrected chi connectivity index (χ2v) is 7.96. The van der Waals surface area contributed by atoms with E-state index in [0.29, 0.717) is 34.1 Å². The van der Waals surface area contributed by atoms with Gasteiger partial charge in [0.25, 0.3) is 5.91 Å². The molecular formula is C18H21N5O2S2. The van der Waals surface area contributed by atoms with Crippen molar-refractivity contribution in [1.82, 2.24) is 20.3 Å². The van der Waals surface area contributed by atoms with Crippen molar-refractivity contribution in [2.24, 2.45) is 0 Å². The molecule has 9 heteroatoms. The number of nitrogens with zero attached hydrogens (tertiary/aromatic N) is 4. The molecule has 2 heterocycles. The van der Waals surface area contributed by atoms with Crippen molar-refractivity contribution in [1.29, 1.82) is 0 Å². The van der Waals surface area contributed by atoms with E-state index in [1.165, 1.54) is 23.1 Å². The van der Waals surface area contributed by atoms with Crippen LogP contribution >= 0.6 is 23.1 Å². The first-order valence-electron chi connectivity index (χ1n) is 8.76. The Bertz CT molecular complexity index is 905. The third kappa shape index (κ3) is 4.92. The van der Waals surface area contributed by atoms with E-state index in [4.69, 9.17) is 4.52 Å². The Morgan fingerprint density at radius 1 is 1.26 bits per heavy atom. The Morgan fingerprint density at radius 2 is 2.04 bits per heavy atom. The zero-order chi connectivity index (χ0) is 19.2. The average molecular weight is 404 g/mol. The molecule has 0 radical (unpaired) electrons. The number of rotatable bonds is 8. The van der Waals surface area contributed by atoms with Crippen molar-refractivity contribution in [3.05, 3.63) is 46.6 Å². The summed E-state index contributed by atoms with van der Waals surface area (Å²) >= 11 is 2.92. The number of nitrogens with one attached hydrogen (secondary N) is 1. The summed E-state index contributed by atoms with van der Waals surface area (Å²) in [6, 6.07) is 7.43. The monoisotopic (exact) mass is 403 g/mol. The molecule has 1 N–H and O–H groups in total. The molecule has 0 aliphatic carbocycles. The number of carbonyl (C=O) groups is 1. The van der Waals surface area contributed by atoms with Crippen LogP contribution in [0.4, 0.5) is 5.13 Å². The smallest absolute Gasteiger partial charge is 0.258 e. The molecule has 7 nitrogen and oxygen atoms in total. The molecule has 1 amide bonds. The second-order valence-electron chi connectivity index (χ2n) is 5.93. The van der Waals surface area contributed by atoms with Gasteiger partial charge < -0.3 is 4.52 Å². The highest BCUT2D eigenvalue weighted by molar-refractivity contribution is 7.98. The van der Waals surface area contributed by atoms with Crippen LogP contribution in [0.25, 0.3) is 0 Å². The standard InChI is InChI=1S/C18H21N5O2S2/c1-4-12(5-2)17-21-22-18(27-17)20-16(24)13-8-6-7-9-14(13)26-10-15-19-11(3)23-25-15/h6-9,12H,4-5,10H2,1-3H3,(H,20,22,24). The van der Waals surface area contributed by atoms with Gasteiger partial charge in [0.05, 0.1) is 11.3 Å². The SMILES string of the molecule is CCC(CC)c1nnc(NC(=O)c2ccccc2SCc2nc(C)no2)s1. The van der Waals surface area contributed by atoms with Crippen LogP contribution in [0.1, 0.15) is 59.7 Å². The number of aryl methyl sites for hydroxylation is 1. The minimum atomic E-state index is -0.202. The molecule has 0 bridgehead atoms. The first-order valence-corrected chi connectivity index (χ1v) is 10.6. The van der Waals surface area contributed by atoms with Gasteiger partial charge in [-0.15, -0.1) is 22.0 Å². The van der Waals surface area contributed by atoms with Gasteiger partial charge >= 0.3 is 0 Å². The van der Waals surface area contributed by atoms with E-state index in [-0.39, 0.29) is 5.91 Å². The van der Waals surface area contributed by atoms with E-state index >= 15 is 0 Å². The van der Waals surface area contributed by atoms with Gasteiger partial charge in [0.15, 0.2) is 5.82 Å². The summed E-state index contributed by atoms with van der Waals surface area (Å²) in [6.07, 6.45) is 2.02. The number of carbonyl (C=O) groups excluding carboxylic acids is 1. The van der Waals surface area contributed by atoms with Gasteiger partial charge in [0.1, 0.15) is 5.01 Å². The molecule has 0 saturated carbocycles. The highest BCUT2D eigenvalue weighted by Crippen LogP contribution is 2.30. The second kappa shape index (κ2) is 9.09. The van der Waals surface area contributed by atoms with Crippen molar-refractivity contribution in [2.75, 3.05) is 5.32 Å². The van der Waals surface area contributed by atoms with Crippen molar-refractivity contribution < 1.29 is 9.32 Å². The van der Waals surface area contributed by atoms with Gasteiger partial charge in [-0.05, 0) is 31.9 Å². The fourth-order valence-corrected chi connectivity index (χ4v) is 4.46. The predicted octanol–water partition coefficient (Wildman–Crippen LogP) is 4.68. The van der Waals surface area contributed by atoms with Crippen LogP contribution in [0.15, 0.2) is 33.7 Å². The molecule has 3 rings (SSSR count). The predicted molar refractivity (Wildman–Crippen MR) is 106 cm³/mol. The molecule has 2 aromatic heterocycles. The molecule has 0 fully saturated rings. The van der Waals surface area contributed by atoms with E-state index in [1.54, 1.807) is 13.0 Å². The summed E-state index contributed by atoms with van der Waals surface area (Å²) in [5, 5.41) is 16.5. The average Bonchev–Trinajstić information content (AvgIpc) is 3.30. The molecule has 3 aromatic rings. The Kier molecular flexibility index (Phi) is 6.57. The maximum Gasteiger partial charge on any atom is 0.258 e. The maximum absolute atomic E-state index is 12.7. The molecule has 1 aromatic carbocycles. The van der Waals surface area contributed by atoms with Crippen LogP contribution in [-0.2, 0) is 5.75 Å². The molecule has 142 valence electrons. The molecule has 0 spiro atoms. The normalized spacial score (nSPS) is 11.1. The summed E-state index contributed by atoms with van der Waals surface area (Å²) in [5.41, 5.74) is 0.582. The van der Waals surface area contributed by atoms with Gasteiger partial charge in [0, 0.05) is 10.8 Å². The van der Waals surface area contributed by atoms with E-state index in [2.05, 4.69) is 39.5 Å². The lowest BCUT2D eigenvalue weighted by atomic mass is 10.1. The summed E-state index contributed by atoms with van der Waals surface area (Å²) in [6.45, 7) is 6.04. The Hall–Kier alpha value is -2.26. The minimum Gasteiger partial charge on any atom is -0.338 e. The zero-order valence-electron chi connectivity index (χ0n) is 15.4. The quantitative estimate of drug-likeness (QED) is 0.546. The van der Waals surface area contributed by atoms with Gasteiger partial charge in [0.2, 0.25) is 11.0 Å². The molecule has 0 unspecified atom stereocenters. The molecule has 0 aliphatic heterocycles. The molecular weight excluding hydrogens is 382 g/mol. The van der Waals surface area contributed by atoms with Crippen molar-refractivity contribution >= 4 is 34.1 Å². The first kappa shape index (κ1) is 19.5. The van der Waals surface area contributed by atoms with Crippen molar-refractivity contribution in [3.63, 3.8) is 0 Å². The summed E-state index contributed by atoms with van der Waals surface area (Å²) in [5.74, 6) is 1.82. The van der Waals surface area contributed by atoms with E-state index in [1.807, 2.05) is 18.2 Å². The lowest BCUT2D eigenvalue weighted by Gasteiger charge is -2.07. The number of thioether (sulfide) groups is 1. The molecule has 27 heavy (non-hydrogen) atoms. The molecule has 0 saturated heterocycles. The first-order chi connectivity index (χ1) is 13.1. The number of anilines is 1. The van der Waals surface area contributed by atoms with Crippen molar-refractivity contribution in [2.45, 2.75) is 50.2 Å². The van der Waals surface area contributed by atoms with E-state index < -0.39 is 0 Å². The lowest BCUT2D eigenvalue weighted by molar-refractivity contribution is 0.102. The summed E-state index contributed by atoms with van der Waals surface area (Å²) in [4.78, 5) is 17.8. The zero-order valence-corrected chi connectivity index (χ0v) is 17.1. The van der Waals surface area contributed by atoms with E-state index in [9.17, 15) is 4.79 Å². The minimum absolute atomic E-state index is 0.202. The lowest BCUT2D eigenvalue weighted by Crippen LogP contribution is -2.12. The fourth-order valence-electron chi connectivity index (χ4n) is 2.57. The number of hydrogen-bond acceptors (Lipinski definition) is 8. The summed E-state index contributed by atoms with van der Waals surface area (Å²) < 4.78 is 5.13. The van der Waals surface area contributed by atoms with Crippen LogP contribution in [-0.4, -0.2) is 26.2 Å². The molecule has 0 aliphatic rings. The topological polar surface area (TPSA) is 93.8 Å². The number of benzene rings is 1. The van der Waals surface area contributed by atoms with Crippen LogP contribution in [0.2, 0.25) is 0 Å². The number of hydrogen-bond donors (Lipinski definition) is 1. The Labute approximate surface area is 166 Å². The molecule has 0 atom stereocenters. The van der Waals surface area contributed by atoms with Crippen LogP contribution in [0, 0.1) is 6.92 Å². The highest BCUT2D eigenvalue weighted by atomic mass is 32.2. The highest BCUT2D eigenvalue weighted by Gasteiger charge is 2.17.